The first-order valence-electron chi connectivity index (χ1n) is 7.59. The van der Waals surface area contributed by atoms with Gasteiger partial charge in [0.25, 0.3) is 0 Å². The van der Waals surface area contributed by atoms with E-state index >= 15 is 0 Å². The van der Waals surface area contributed by atoms with Crippen molar-refractivity contribution in [2.45, 2.75) is 31.5 Å². The molecule has 0 radical (unpaired) electrons. The zero-order valence-corrected chi connectivity index (χ0v) is 12.2. The lowest BCUT2D eigenvalue weighted by Crippen LogP contribution is -2.46. The van der Waals surface area contributed by atoms with E-state index in [0.29, 0.717) is 38.1 Å². The van der Waals surface area contributed by atoms with Crippen LogP contribution in [0, 0.1) is 17.6 Å². The third-order valence-corrected chi connectivity index (χ3v) is 4.49. The first-order chi connectivity index (χ1) is 10.6. The Balaban J connectivity index is 1.71. The predicted molar refractivity (Wildman–Crippen MR) is 75.0 cm³/mol. The number of benzene rings is 1. The van der Waals surface area contributed by atoms with Crippen LogP contribution < -0.4 is 0 Å². The number of carbonyl (C=O) groups is 1. The minimum absolute atomic E-state index is 0.0686. The fourth-order valence-electron chi connectivity index (χ4n) is 3.23. The summed E-state index contributed by atoms with van der Waals surface area (Å²) in [6.07, 6.45) is 1.18. The molecule has 6 heteroatoms. The van der Waals surface area contributed by atoms with Crippen LogP contribution in [0.5, 0.6) is 0 Å². The van der Waals surface area contributed by atoms with Gasteiger partial charge in [0.15, 0.2) is 11.6 Å². The molecular weight excluding hydrogens is 292 g/mol. The Morgan fingerprint density at radius 1 is 1.27 bits per heavy atom. The molecule has 1 aromatic rings. The molecule has 3 unspecified atom stereocenters. The number of rotatable bonds is 2. The second-order valence-corrected chi connectivity index (χ2v) is 5.92. The molecule has 1 aliphatic heterocycles. The van der Waals surface area contributed by atoms with Crippen molar-refractivity contribution in [1.82, 2.24) is 4.90 Å². The average molecular weight is 311 g/mol. The molecule has 2 fully saturated rings. The number of hydrogen-bond acceptors (Lipinski definition) is 3. The molecule has 1 N–H and O–H groups in total. The third-order valence-electron chi connectivity index (χ3n) is 4.49. The molecule has 4 nitrogen and oxygen atoms in total. The van der Waals surface area contributed by atoms with Gasteiger partial charge in [-0.3, -0.25) is 4.79 Å². The summed E-state index contributed by atoms with van der Waals surface area (Å²) < 4.78 is 31.9. The molecule has 1 aliphatic carbocycles. The lowest BCUT2D eigenvalue weighted by Gasteiger charge is -2.35. The molecule has 120 valence electrons. The van der Waals surface area contributed by atoms with Crippen molar-refractivity contribution in [1.29, 1.82) is 0 Å². The summed E-state index contributed by atoms with van der Waals surface area (Å²) >= 11 is 0. The summed E-state index contributed by atoms with van der Waals surface area (Å²) in [5.41, 5.74) is 0.517. The van der Waals surface area contributed by atoms with Crippen LogP contribution in [0.2, 0.25) is 0 Å². The molecule has 22 heavy (non-hydrogen) atoms. The van der Waals surface area contributed by atoms with E-state index in [1.807, 2.05) is 0 Å². The highest BCUT2D eigenvalue weighted by atomic mass is 19.2. The van der Waals surface area contributed by atoms with Crippen molar-refractivity contribution in [3.63, 3.8) is 0 Å². The summed E-state index contributed by atoms with van der Waals surface area (Å²) in [5, 5.41) is 9.87. The molecule has 2 aliphatic rings. The summed E-state index contributed by atoms with van der Waals surface area (Å²) in [6, 6.07) is 3.65. The fourth-order valence-corrected chi connectivity index (χ4v) is 3.23. The number of carbonyl (C=O) groups excluding carboxylic acids is 1. The molecule has 1 amide bonds. The molecule has 1 aromatic carbocycles. The lowest BCUT2D eigenvalue weighted by molar-refractivity contribution is -0.146. The van der Waals surface area contributed by atoms with Crippen molar-refractivity contribution in [2.75, 3.05) is 19.7 Å². The maximum atomic E-state index is 13.3. The Labute approximate surface area is 127 Å². The third kappa shape index (κ3) is 2.98. The monoisotopic (exact) mass is 311 g/mol. The largest absolute Gasteiger partial charge is 0.392 e. The molecule has 0 spiro atoms. The smallest absolute Gasteiger partial charge is 0.228 e. The second kappa shape index (κ2) is 6.30. The quantitative estimate of drug-likeness (QED) is 0.909. The number of aliphatic hydroxyl groups excluding tert-OH is 1. The lowest BCUT2D eigenvalue weighted by atomic mass is 10.0. The van der Waals surface area contributed by atoms with Crippen LogP contribution >= 0.6 is 0 Å². The van der Waals surface area contributed by atoms with Gasteiger partial charge in [0, 0.05) is 6.54 Å². The topological polar surface area (TPSA) is 49.8 Å². The summed E-state index contributed by atoms with van der Waals surface area (Å²) in [5.74, 6) is -2.23. The number of ether oxygens (including phenoxy) is 1. The normalized spacial score (nSPS) is 28.9. The minimum atomic E-state index is -0.921. The van der Waals surface area contributed by atoms with Crippen LogP contribution in [0.1, 0.15) is 30.9 Å². The summed E-state index contributed by atoms with van der Waals surface area (Å²) in [4.78, 5) is 14.1. The molecule has 1 saturated heterocycles. The molecule has 1 heterocycles. The van der Waals surface area contributed by atoms with Crippen LogP contribution in [0.4, 0.5) is 8.78 Å². The van der Waals surface area contributed by atoms with Gasteiger partial charge in [-0.05, 0) is 37.0 Å². The molecular formula is C16H19F2NO3. The SMILES string of the molecule is O=C(C1CCCC1O)N1CCOC(c2ccc(F)c(F)c2)C1. The maximum absolute atomic E-state index is 13.3. The van der Waals surface area contributed by atoms with E-state index in [0.717, 1.165) is 18.6 Å². The predicted octanol–water partition coefficient (Wildman–Crippen LogP) is 2.03. The van der Waals surface area contributed by atoms with Gasteiger partial charge in [0.1, 0.15) is 6.10 Å². The van der Waals surface area contributed by atoms with Gasteiger partial charge in [-0.25, -0.2) is 8.78 Å². The van der Waals surface area contributed by atoms with E-state index in [1.165, 1.54) is 6.07 Å². The average Bonchev–Trinajstić information content (AvgIpc) is 2.95. The van der Waals surface area contributed by atoms with E-state index in [-0.39, 0.29) is 11.8 Å². The maximum Gasteiger partial charge on any atom is 0.228 e. The first-order valence-corrected chi connectivity index (χ1v) is 7.59. The van der Waals surface area contributed by atoms with Crippen molar-refractivity contribution in [3.8, 4) is 0 Å². The summed E-state index contributed by atoms with van der Waals surface area (Å²) in [7, 11) is 0. The molecule has 3 atom stereocenters. The number of morpholine rings is 1. The van der Waals surface area contributed by atoms with Gasteiger partial charge < -0.3 is 14.7 Å². The Hall–Kier alpha value is -1.53. The van der Waals surface area contributed by atoms with Crippen LogP contribution in [-0.2, 0) is 9.53 Å². The number of hydrogen-bond donors (Lipinski definition) is 1. The van der Waals surface area contributed by atoms with E-state index in [1.54, 1.807) is 4.90 Å². The highest BCUT2D eigenvalue weighted by Crippen LogP contribution is 2.30. The van der Waals surface area contributed by atoms with Crippen LogP contribution in [0.3, 0.4) is 0 Å². The van der Waals surface area contributed by atoms with Gasteiger partial charge in [0.05, 0.1) is 25.2 Å². The second-order valence-electron chi connectivity index (χ2n) is 5.92. The Morgan fingerprint density at radius 3 is 2.77 bits per heavy atom. The van der Waals surface area contributed by atoms with Crippen LogP contribution in [-0.4, -0.2) is 41.7 Å². The highest BCUT2D eigenvalue weighted by Gasteiger charge is 2.36. The van der Waals surface area contributed by atoms with Crippen LogP contribution in [0.15, 0.2) is 18.2 Å². The Morgan fingerprint density at radius 2 is 2.09 bits per heavy atom. The Kier molecular flexibility index (Phi) is 4.40. The van der Waals surface area contributed by atoms with Crippen molar-refractivity contribution in [2.24, 2.45) is 5.92 Å². The molecule has 0 aromatic heterocycles. The van der Waals surface area contributed by atoms with Gasteiger partial charge >= 0.3 is 0 Å². The van der Waals surface area contributed by atoms with Gasteiger partial charge in [-0.2, -0.15) is 0 Å². The Bertz CT molecular complexity index is 566. The highest BCUT2D eigenvalue weighted by molar-refractivity contribution is 5.80. The molecule has 1 saturated carbocycles. The van der Waals surface area contributed by atoms with E-state index < -0.39 is 23.8 Å². The first kappa shape index (κ1) is 15.4. The molecule has 3 rings (SSSR count). The summed E-state index contributed by atoms with van der Waals surface area (Å²) in [6.45, 7) is 1.10. The number of amides is 1. The van der Waals surface area contributed by atoms with Crippen LogP contribution in [0.25, 0.3) is 0 Å². The van der Waals surface area contributed by atoms with Crippen molar-refractivity contribution in [3.05, 3.63) is 35.4 Å². The van der Waals surface area contributed by atoms with Gasteiger partial charge in [-0.15, -0.1) is 0 Å². The van der Waals surface area contributed by atoms with Crippen molar-refractivity contribution >= 4 is 5.91 Å². The number of nitrogens with zero attached hydrogens (tertiary/aromatic N) is 1. The van der Waals surface area contributed by atoms with E-state index in [2.05, 4.69) is 0 Å². The number of aliphatic hydroxyl groups is 1. The van der Waals surface area contributed by atoms with Crippen molar-refractivity contribution < 1.29 is 23.4 Å². The standard InChI is InChI=1S/C16H19F2NO3/c17-12-5-4-10(8-13(12)18)15-9-19(6-7-22-15)16(21)11-2-1-3-14(11)20/h4-5,8,11,14-15,20H,1-3,6-7,9H2. The minimum Gasteiger partial charge on any atom is -0.392 e. The zero-order valence-electron chi connectivity index (χ0n) is 12.2. The van der Waals surface area contributed by atoms with E-state index in [4.69, 9.17) is 4.74 Å². The fraction of sp³-hybridized carbons (Fsp3) is 0.562. The zero-order chi connectivity index (χ0) is 15.7. The van der Waals surface area contributed by atoms with E-state index in [9.17, 15) is 18.7 Å². The number of halogens is 2. The van der Waals surface area contributed by atoms with Gasteiger partial charge in [0.2, 0.25) is 5.91 Å². The van der Waals surface area contributed by atoms with Gasteiger partial charge in [-0.1, -0.05) is 6.07 Å². The molecule has 0 bridgehead atoms.